The quantitative estimate of drug-likeness (QED) is 0.742. The molecule has 0 spiro atoms. The summed E-state index contributed by atoms with van der Waals surface area (Å²) in [5.74, 6) is 2.73. The first-order valence-corrected chi connectivity index (χ1v) is 6.77. The Bertz CT molecular complexity index is 320. The van der Waals surface area contributed by atoms with Crippen LogP contribution in [0.3, 0.4) is 0 Å². The van der Waals surface area contributed by atoms with Crippen molar-refractivity contribution in [3.63, 3.8) is 0 Å². The van der Waals surface area contributed by atoms with Crippen molar-refractivity contribution >= 4 is 17.6 Å². The predicted molar refractivity (Wildman–Crippen MR) is 69.4 cm³/mol. The molecular weight excluding hydrogens is 222 g/mol. The van der Waals surface area contributed by atoms with Gasteiger partial charge in [-0.15, -0.1) is 0 Å². The lowest BCUT2D eigenvalue weighted by atomic mass is 10.3. The van der Waals surface area contributed by atoms with E-state index in [0.29, 0.717) is 5.88 Å². The minimum absolute atomic E-state index is 0.640. The maximum Gasteiger partial charge on any atom is 0.221 e. The molecule has 0 bridgehead atoms. The van der Waals surface area contributed by atoms with Gasteiger partial charge in [-0.25, -0.2) is 9.97 Å². The fourth-order valence-electron chi connectivity index (χ4n) is 1.40. The minimum atomic E-state index is 0.640. The number of hydrogen-bond donors (Lipinski definition) is 1. The molecule has 0 radical (unpaired) electrons. The van der Waals surface area contributed by atoms with E-state index >= 15 is 0 Å². The van der Waals surface area contributed by atoms with Gasteiger partial charge >= 0.3 is 0 Å². The smallest absolute Gasteiger partial charge is 0.221 e. The molecule has 0 aliphatic heterocycles. The summed E-state index contributed by atoms with van der Waals surface area (Å²) in [7, 11) is 1.62. The van der Waals surface area contributed by atoms with Crippen LogP contribution in [0.2, 0.25) is 0 Å². The molecule has 1 aromatic heterocycles. The van der Waals surface area contributed by atoms with Crippen LogP contribution in [-0.4, -0.2) is 35.6 Å². The number of nitrogens with one attached hydrogen (secondary N) is 1. The fraction of sp³-hybridized carbons (Fsp3) is 0.636. The first-order valence-electron chi connectivity index (χ1n) is 5.38. The summed E-state index contributed by atoms with van der Waals surface area (Å²) in [5, 5.41) is 3.31. The van der Waals surface area contributed by atoms with Gasteiger partial charge in [-0.2, -0.15) is 11.8 Å². The number of rotatable bonds is 7. The van der Waals surface area contributed by atoms with Crippen LogP contribution in [0.25, 0.3) is 0 Å². The van der Waals surface area contributed by atoms with E-state index in [9.17, 15) is 0 Å². The summed E-state index contributed by atoms with van der Waals surface area (Å²) in [4.78, 5) is 8.24. The number of nitrogens with zero attached hydrogens (tertiary/aromatic N) is 2. The van der Waals surface area contributed by atoms with Gasteiger partial charge in [0.1, 0.15) is 12.1 Å². The molecule has 0 atom stereocenters. The van der Waals surface area contributed by atoms with Crippen LogP contribution < -0.4 is 10.1 Å². The van der Waals surface area contributed by atoms with Crippen molar-refractivity contribution in [1.29, 1.82) is 0 Å². The van der Waals surface area contributed by atoms with E-state index in [0.717, 1.165) is 24.3 Å². The van der Waals surface area contributed by atoms with Gasteiger partial charge in [0.2, 0.25) is 5.88 Å². The van der Waals surface area contributed by atoms with Gasteiger partial charge in [0, 0.05) is 6.54 Å². The summed E-state index contributed by atoms with van der Waals surface area (Å²) in [6, 6.07) is 0. The Morgan fingerprint density at radius 1 is 1.38 bits per heavy atom. The molecule has 4 nitrogen and oxygen atoms in total. The number of methoxy groups -OCH3 is 1. The van der Waals surface area contributed by atoms with Crippen molar-refractivity contribution in [3.05, 3.63) is 11.9 Å². The topological polar surface area (TPSA) is 47.0 Å². The Labute approximate surface area is 101 Å². The average molecular weight is 241 g/mol. The standard InChI is InChI=1S/C11H19N3OS/c1-9-10(12-6-4-5-7-16-3)13-8-14-11(9)15-2/h8H,4-7H2,1-3H3,(H,12,13,14). The lowest BCUT2D eigenvalue weighted by Crippen LogP contribution is -2.06. The molecule has 1 rings (SSSR count). The summed E-state index contributed by atoms with van der Waals surface area (Å²) in [6.45, 7) is 2.91. The largest absolute Gasteiger partial charge is 0.481 e. The number of ether oxygens (including phenoxy) is 1. The summed E-state index contributed by atoms with van der Waals surface area (Å²) >= 11 is 1.88. The average Bonchev–Trinajstić information content (AvgIpc) is 2.31. The van der Waals surface area contributed by atoms with E-state index in [1.165, 1.54) is 18.5 Å². The summed E-state index contributed by atoms with van der Waals surface area (Å²) in [5.41, 5.74) is 0.967. The zero-order valence-corrected chi connectivity index (χ0v) is 10.9. The predicted octanol–water partition coefficient (Wildman–Crippen LogP) is 2.35. The molecule has 0 aliphatic carbocycles. The molecule has 0 saturated heterocycles. The molecular formula is C11H19N3OS. The molecule has 0 unspecified atom stereocenters. The zero-order valence-electron chi connectivity index (χ0n) is 10.1. The molecule has 1 N–H and O–H groups in total. The zero-order chi connectivity index (χ0) is 11.8. The van der Waals surface area contributed by atoms with Gasteiger partial charge in [0.25, 0.3) is 0 Å². The maximum absolute atomic E-state index is 5.14. The van der Waals surface area contributed by atoms with Gasteiger partial charge in [-0.3, -0.25) is 0 Å². The van der Waals surface area contributed by atoms with Gasteiger partial charge < -0.3 is 10.1 Å². The van der Waals surface area contributed by atoms with E-state index in [4.69, 9.17) is 4.74 Å². The van der Waals surface area contributed by atoms with E-state index in [2.05, 4.69) is 21.5 Å². The van der Waals surface area contributed by atoms with Gasteiger partial charge in [-0.05, 0) is 31.8 Å². The molecule has 0 fully saturated rings. The monoisotopic (exact) mass is 241 g/mol. The molecule has 16 heavy (non-hydrogen) atoms. The molecule has 5 heteroatoms. The number of anilines is 1. The van der Waals surface area contributed by atoms with Crippen LogP contribution in [0.5, 0.6) is 5.88 Å². The van der Waals surface area contributed by atoms with Gasteiger partial charge in [0.05, 0.1) is 12.7 Å². The van der Waals surface area contributed by atoms with Gasteiger partial charge in [0.15, 0.2) is 0 Å². The van der Waals surface area contributed by atoms with Crippen molar-refractivity contribution in [2.75, 3.05) is 31.0 Å². The lowest BCUT2D eigenvalue weighted by Gasteiger charge is -2.09. The highest BCUT2D eigenvalue weighted by Gasteiger charge is 2.05. The summed E-state index contributed by atoms with van der Waals surface area (Å²) in [6.07, 6.45) is 6.05. The normalized spacial score (nSPS) is 10.2. The van der Waals surface area contributed by atoms with E-state index in [1.54, 1.807) is 7.11 Å². The SMILES string of the molecule is COc1ncnc(NCCCCSC)c1C. The number of hydrogen-bond acceptors (Lipinski definition) is 5. The van der Waals surface area contributed by atoms with Crippen molar-refractivity contribution in [2.45, 2.75) is 19.8 Å². The third-order valence-corrected chi connectivity index (χ3v) is 3.00. The molecule has 0 aliphatic rings. The highest BCUT2D eigenvalue weighted by molar-refractivity contribution is 7.98. The molecule has 1 heterocycles. The molecule has 90 valence electrons. The lowest BCUT2D eigenvalue weighted by molar-refractivity contribution is 0.393. The Kier molecular flexibility index (Phi) is 6.00. The third-order valence-electron chi connectivity index (χ3n) is 2.30. The molecule has 0 amide bonds. The maximum atomic E-state index is 5.14. The highest BCUT2D eigenvalue weighted by Crippen LogP contribution is 2.19. The van der Waals surface area contributed by atoms with E-state index in [1.807, 2.05) is 18.7 Å². The Morgan fingerprint density at radius 3 is 2.88 bits per heavy atom. The van der Waals surface area contributed by atoms with E-state index < -0.39 is 0 Å². The van der Waals surface area contributed by atoms with Crippen molar-refractivity contribution in [1.82, 2.24) is 9.97 Å². The third kappa shape index (κ3) is 3.89. The molecule has 1 aromatic rings. The van der Waals surface area contributed by atoms with Crippen LogP contribution in [0.1, 0.15) is 18.4 Å². The fourth-order valence-corrected chi connectivity index (χ4v) is 1.89. The summed E-state index contributed by atoms with van der Waals surface area (Å²) < 4.78 is 5.14. The van der Waals surface area contributed by atoms with Gasteiger partial charge in [-0.1, -0.05) is 0 Å². The van der Waals surface area contributed by atoms with Crippen LogP contribution in [0.15, 0.2) is 6.33 Å². The number of thioether (sulfide) groups is 1. The molecule has 0 aromatic carbocycles. The second-order valence-corrected chi connectivity index (χ2v) is 4.47. The Balaban J connectivity index is 2.41. The second kappa shape index (κ2) is 7.33. The highest BCUT2D eigenvalue weighted by atomic mass is 32.2. The van der Waals surface area contributed by atoms with Crippen LogP contribution in [0, 0.1) is 6.92 Å². The second-order valence-electron chi connectivity index (χ2n) is 3.48. The Morgan fingerprint density at radius 2 is 2.19 bits per heavy atom. The van der Waals surface area contributed by atoms with Crippen LogP contribution >= 0.6 is 11.8 Å². The van der Waals surface area contributed by atoms with Crippen molar-refractivity contribution < 1.29 is 4.74 Å². The first-order chi connectivity index (χ1) is 7.79. The number of aromatic nitrogens is 2. The Hall–Kier alpha value is -0.970. The molecule has 0 saturated carbocycles. The minimum Gasteiger partial charge on any atom is -0.481 e. The van der Waals surface area contributed by atoms with Crippen LogP contribution in [0.4, 0.5) is 5.82 Å². The van der Waals surface area contributed by atoms with Crippen LogP contribution in [-0.2, 0) is 0 Å². The number of unbranched alkanes of at least 4 members (excludes halogenated alkanes) is 1. The van der Waals surface area contributed by atoms with Crippen molar-refractivity contribution in [3.8, 4) is 5.88 Å². The van der Waals surface area contributed by atoms with Crippen molar-refractivity contribution in [2.24, 2.45) is 0 Å². The first kappa shape index (κ1) is 13.1. The van der Waals surface area contributed by atoms with E-state index in [-0.39, 0.29) is 0 Å².